The molecule has 98 valence electrons. The van der Waals surface area contributed by atoms with Crippen molar-refractivity contribution in [2.75, 3.05) is 0 Å². The minimum atomic E-state index is -0.523. The predicted octanol–water partition coefficient (Wildman–Crippen LogP) is 2.99. The summed E-state index contributed by atoms with van der Waals surface area (Å²) >= 11 is 0. The molecular formula is C15H14O4. The fourth-order valence-corrected chi connectivity index (χ4v) is 2.26. The van der Waals surface area contributed by atoms with Crippen LogP contribution in [0, 0.1) is 6.92 Å². The third-order valence-electron chi connectivity index (χ3n) is 3.13. The van der Waals surface area contributed by atoms with Crippen LogP contribution in [0.25, 0.3) is 17.0 Å². The summed E-state index contributed by atoms with van der Waals surface area (Å²) in [4.78, 5) is 12.1. The number of phenols is 1. The van der Waals surface area contributed by atoms with Gasteiger partial charge in [-0.1, -0.05) is 0 Å². The van der Waals surface area contributed by atoms with E-state index in [0.29, 0.717) is 28.0 Å². The molecule has 1 aliphatic rings. The van der Waals surface area contributed by atoms with E-state index in [9.17, 15) is 9.90 Å². The molecule has 0 saturated carbocycles. The molecule has 0 bridgehead atoms. The first-order valence-corrected chi connectivity index (χ1v) is 6.06. The van der Waals surface area contributed by atoms with Gasteiger partial charge in [-0.05, 0) is 32.9 Å². The van der Waals surface area contributed by atoms with Gasteiger partial charge in [-0.25, -0.2) is 0 Å². The Bertz CT molecular complexity index is 766. The van der Waals surface area contributed by atoms with Crippen LogP contribution in [0.3, 0.4) is 0 Å². The van der Waals surface area contributed by atoms with Crippen LogP contribution in [0.4, 0.5) is 0 Å². The van der Waals surface area contributed by atoms with Crippen LogP contribution in [-0.2, 0) is 0 Å². The average molecular weight is 258 g/mol. The zero-order valence-corrected chi connectivity index (χ0v) is 11.0. The third-order valence-corrected chi connectivity index (χ3v) is 3.13. The standard InChI is InChI=1S/C15H14O4/c1-8-6-11(17)13-12(18-8)7-10(16)9-4-5-15(2,3)19-14(9)13/h4-7,16H,1-3H3. The predicted molar refractivity (Wildman–Crippen MR) is 72.6 cm³/mol. The molecule has 0 unspecified atom stereocenters. The lowest BCUT2D eigenvalue weighted by molar-refractivity contribution is 0.160. The lowest BCUT2D eigenvalue weighted by Gasteiger charge is -2.28. The van der Waals surface area contributed by atoms with Gasteiger partial charge in [0.2, 0.25) is 0 Å². The molecular weight excluding hydrogens is 244 g/mol. The van der Waals surface area contributed by atoms with Crippen molar-refractivity contribution in [3.05, 3.63) is 39.8 Å². The highest BCUT2D eigenvalue weighted by Crippen LogP contribution is 2.41. The average Bonchev–Trinajstić information content (AvgIpc) is 2.25. The number of aromatic hydroxyl groups is 1. The molecule has 1 aromatic carbocycles. The summed E-state index contributed by atoms with van der Waals surface area (Å²) in [7, 11) is 0. The Balaban J connectivity index is 2.46. The second kappa shape index (κ2) is 3.63. The van der Waals surface area contributed by atoms with E-state index in [4.69, 9.17) is 9.15 Å². The maximum Gasteiger partial charge on any atom is 0.196 e. The van der Waals surface area contributed by atoms with Crippen molar-refractivity contribution in [1.82, 2.24) is 0 Å². The second-order valence-corrected chi connectivity index (χ2v) is 5.27. The van der Waals surface area contributed by atoms with Crippen molar-refractivity contribution in [2.24, 2.45) is 0 Å². The van der Waals surface area contributed by atoms with Gasteiger partial charge in [-0.15, -0.1) is 0 Å². The van der Waals surface area contributed by atoms with Crippen molar-refractivity contribution in [1.29, 1.82) is 0 Å². The number of hydrogen-bond acceptors (Lipinski definition) is 4. The van der Waals surface area contributed by atoms with Crippen molar-refractivity contribution >= 4 is 17.0 Å². The molecule has 0 spiro atoms. The van der Waals surface area contributed by atoms with E-state index in [2.05, 4.69) is 0 Å². The lowest BCUT2D eigenvalue weighted by atomic mass is 9.99. The van der Waals surface area contributed by atoms with E-state index in [-0.39, 0.29) is 11.2 Å². The van der Waals surface area contributed by atoms with Crippen LogP contribution in [0.2, 0.25) is 0 Å². The van der Waals surface area contributed by atoms with Crippen LogP contribution in [0.5, 0.6) is 11.5 Å². The van der Waals surface area contributed by atoms with E-state index in [1.807, 2.05) is 19.9 Å². The molecule has 0 amide bonds. The van der Waals surface area contributed by atoms with E-state index < -0.39 is 5.60 Å². The van der Waals surface area contributed by atoms with Crippen molar-refractivity contribution in [3.8, 4) is 11.5 Å². The van der Waals surface area contributed by atoms with Crippen LogP contribution in [0.1, 0.15) is 25.2 Å². The van der Waals surface area contributed by atoms with E-state index >= 15 is 0 Å². The van der Waals surface area contributed by atoms with E-state index in [0.717, 1.165) is 0 Å². The summed E-state index contributed by atoms with van der Waals surface area (Å²) in [6.07, 6.45) is 3.61. The van der Waals surface area contributed by atoms with Gasteiger partial charge >= 0.3 is 0 Å². The Morgan fingerprint density at radius 2 is 2.00 bits per heavy atom. The smallest absolute Gasteiger partial charge is 0.196 e. The quantitative estimate of drug-likeness (QED) is 0.789. The van der Waals surface area contributed by atoms with Crippen molar-refractivity contribution in [2.45, 2.75) is 26.4 Å². The largest absolute Gasteiger partial charge is 0.507 e. The molecule has 0 radical (unpaired) electrons. The molecule has 0 saturated heterocycles. The minimum Gasteiger partial charge on any atom is -0.507 e. The van der Waals surface area contributed by atoms with Crippen molar-refractivity contribution < 1.29 is 14.3 Å². The molecule has 2 heterocycles. The number of ether oxygens (including phenoxy) is 1. The number of phenolic OH excluding ortho intramolecular Hbond substituents is 1. The number of aryl methyl sites for hydroxylation is 1. The molecule has 4 heteroatoms. The first-order chi connectivity index (χ1) is 8.87. The number of fused-ring (bicyclic) bond motifs is 3. The third kappa shape index (κ3) is 1.80. The highest BCUT2D eigenvalue weighted by molar-refractivity contribution is 5.91. The number of hydrogen-bond donors (Lipinski definition) is 1. The van der Waals surface area contributed by atoms with E-state index in [1.54, 1.807) is 13.0 Å². The van der Waals surface area contributed by atoms with Gasteiger partial charge in [0, 0.05) is 12.1 Å². The molecule has 2 aromatic rings. The molecule has 0 fully saturated rings. The monoisotopic (exact) mass is 258 g/mol. The SMILES string of the molecule is Cc1cc(=O)c2c3c(c(O)cc2o1)C=CC(C)(C)O3. The fraction of sp³-hybridized carbons (Fsp3) is 0.267. The molecule has 0 atom stereocenters. The highest BCUT2D eigenvalue weighted by atomic mass is 16.5. The molecule has 0 aliphatic carbocycles. The molecule has 1 N–H and O–H groups in total. The Morgan fingerprint density at radius 3 is 2.74 bits per heavy atom. The van der Waals surface area contributed by atoms with Crippen LogP contribution in [-0.4, -0.2) is 10.7 Å². The van der Waals surface area contributed by atoms with Gasteiger partial charge in [0.05, 0.1) is 5.56 Å². The van der Waals surface area contributed by atoms with Crippen LogP contribution in [0.15, 0.2) is 27.4 Å². The first-order valence-electron chi connectivity index (χ1n) is 6.06. The van der Waals surface area contributed by atoms with E-state index in [1.165, 1.54) is 12.1 Å². The summed E-state index contributed by atoms with van der Waals surface area (Å²) in [6.45, 7) is 5.47. The molecule has 1 aliphatic heterocycles. The Kier molecular flexibility index (Phi) is 2.26. The molecule has 4 nitrogen and oxygen atoms in total. The Morgan fingerprint density at radius 1 is 1.26 bits per heavy atom. The fourth-order valence-electron chi connectivity index (χ4n) is 2.26. The summed E-state index contributed by atoms with van der Waals surface area (Å²) in [5.74, 6) is 0.932. The maximum absolute atomic E-state index is 12.1. The molecule has 19 heavy (non-hydrogen) atoms. The molecule has 1 aromatic heterocycles. The zero-order valence-electron chi connectivity index (χ0n) is 11.0. The van der Waals surface area contributed by atoms with Gasteiger partial charge < -0.3 is 14.3 Å². The normalized spacial score (nSPS) is 16.2. The van der Waals surface area contributed by atoms with Crippen molar-refractivity contribution in [3.63, 3.8) is 0 Å². The Hall–Kier alpha value is -2.23. The topological polar surface area (TPSA) is 59.7 Å². The summed E-state index contributed by atoms with van der Waals surface area (Å²) in [6, 6.07) is 2.88. The minimum absolute atomic E-state index is 0.0444. The van der Waals surface area contributed by atoms with Gasteiger partial charge in [0.25, 0.3) is 0 Å². The number of benzene rings is 1. The van der Waals surface area contributed by atoms with Gasteiger partial charge in [-0.2, -0.15) is 0 Å². The summed E-state index contributed by atoms with van der Waals surface area (Å²) in [5.41, 5.74) is 0.168. The van der Waals surface area contributed by atoms with Gasteiger partial charge in [0.1, 0.15) is 33.8 Å². The summed E-state index contributed by atoms with van der Waals surface area (Å²) < 4.78 is 11.3. The number of rotatable bonds is 0. The Labute approximate surface area is 109 Å². The lowest BCUT2D eigenvalue weighted by Crippen LogP contribution is -2.28. The van der Waals surface area contributed by atoms with Gasteiger partial charge in [-0.3, -0.25) is 4.79 Å². The van der Waals surface area contributed by atoms with Gasteiger partial charge in [0.15, 0.2) is 5.43 Å². The first kappa shape index (κ1) is 11.8. The molecule has 3 rings (SSSR count). The highest BCUT2D eigenvalue weighted by Gasteiger charge is 2.27. The second-order valence-electron chi connectivity index (χ2n) is 5.27. The summed E-state index contributed by atoms with van der Waals surface area (Å²) in [5, 5.41) is 10.4. The zero-order chi connectivity index (χ0) is 13.8. The van der Waals surface area contributed by atoms with Crippen LogP contribution >= 0.6 is 0 Å². The maximum atomic E-state index is 12.1. The van der Waals surface area contributed by atoms with Crippen LogP contribution < -0.4 is 10.2 Å².